The molecular weight excluding hydrogens is 488 g/mol. The Balaban J connectivity index is 1.38. The smallest absolute Gasteiger partial charge is 0.187 e. The molecule has 5 heteroatoms. The largest absolute Gasteiger partial charge is 0.368 e. The molecule has 4 aromatic carbocycles. The molecule has 0 aliphatic carbocycles. The van der Waals surface area contributed by atoms with Gasteiger partial charge < -0.3 is 23.7 Å². The van der Waals surface area contributed by atoms with Crippen molar-refractivity contribution in [3.63, 3.8) is 0 Å². The summed E-state index contributed by atoms with van der Waals surface area (Å²) >= 11 is 0. The van der Waals surface area contributed by atoms with Crippen LogP contribution in [0.5, 0.6) is 0 Å². The minimum atomic E-state index is -0.624. The molecule has 1 heterocycles. The predicted molar refractivity (Wildman–Crippen MR) is 151 cm³/mol. The van der Waals surface area contributed by atoms with Gasteiger partial charge in [0, 0.05) is 0 Å². The third kappa shape index (κ3) is 7.85. The number of ether oxygens (including phenoxy) is 5. The van der Waals surface area contributed by atoms with Crippen LogP contribution in [0, 0.1) is 0 Å². The van der Waals surface area contributed by atoms with Crippen molar-refractivity contribution in [3.05, 3.63) is 144 Å². The van der Waals surface area contributed by atoms with Crippen molar-refractivity contribution in [1.82, 2.24) is 0 Å². The Morgan fingerprint density at radius 2 is 0.769 bits per heavy atom. The van der Waals surface area contributed by atoms with Crippen LogP contribution in [0.3, 0.4) is 0 Å². The van der Waals surface area contributed by atoms with E-state index in [4.69, 9.17) is 23.7 Å². The van der Waals surface area contributed by atoms with E-state index in [1.165, 1.54) is 0 Å². The third-order valence-electron chi connectivity index (χ3n) is 6.84. The van der Waals surface area contributed by atoms with Crippen LogP contribution in [0.15, 0.2) is 121 Å². The Hall–Kier alpha value is -3.32. The number of benzene rings is 4. The minimum absolute atomic E-state index is 0.271. The standard InChI is InChI=1S/C34H36O5/c1-26-31(35-22-27-14-6-2-7-15-27)32(36-23-28-16-8-3-9-17-28)33(37-24-29-18-10-4-11-19-29)34(39-26)38-25-30-20-12-5-13-21-30/h2-21,26,31-34H,22-25H2,1H3/t26-,31+,32+,33-,34?/m1/s1. The molecular formula is C34H36O5. The van der Waals surface area contributed by atoms with Crippen molar-refractivity contribution >= 4 is 0 Å². The van der Waals surface area contributed by atoms with E-state index < -0.39 is 18.5 Å². The summed E-state index contributed by atoms with van der Waals surface area (Å²) in [6.07, 6.45) is -2.17. The molecule has 1 aliphatic rings. The molecule has 5 atom stereocenters. The molecule has 0 spiro atoms. The maximum Gasteiger partial charge on any atom is 0.187 e. The monoisotopic (exact) mass is 524 g/mol. The molecule has 5 rings (SSSR count). The van der Waals surface area contributed by atoms with Crippen LogP contribution in [0.4, 0.5) is 0 Å². The first kappa shape index (κ1) is 27.3. The molecule has 5 nitrogen and oxygen atoms in total. The van der Waals surface area contributed by atoms with Gasteiger partial charge >= 0.3 is 0 Å². The fourth-order valence-corrected chi connectivity index (χ4v) is 4.76. The number of hydrogen-bond acceptors (Lipinski definition) is 5. The van der Waals surface area contributed by atoms with Crippen LogP contribution in [0.1, 0.15) is 29.2 Å². The second kappa shape index (κ2) is 14.2. The molecule has 0 bridgehead atoms. The SMILES string of the molecule is C[C@H]1OC(OCc2ccccc2)[C@H](OCc2ccccc2)[C@@H](OCc2ccccc2)[C@H]1OCc1ccccc1. The Kier molecular flexibility index (Phi) is 9.91. The molecule has 0 saturated carbocycles. The van der Waals surface area contributed by atoms with Gasteiger partial charge in [-0.05, 0) is 29.2 Å². The molecule has 4 aromatic rings. The molecule has 202 valence electrons. The van der Waals surface area contributed by atoms with Crippen molar-refractivity contribution in [3.8, 4) is 0 Å². The molecule has 39 heavy (non-hydrogen) atoms. The van der Waals surface area contributed by atoms with E-state index in [2.05, 4.69) is 36.4 Å². The van der Waals surface area contributed by atoms with Crippen LogP contribution >= 0.6 is 0 Å². The van der Waals surface area contributed by atoms with Crippen molar-refractivity contribution < 1.29 is 23.7 Å². The van der Waals surface area contributed by atoms with Crippen molar-refractivity contribution in [1.29, 1.82) is 0 Å². The van der Waals surface area contributed by atoms with Gasteiger partial charge in [-0.3, -0.25) is 0 Å². The summed E-state index contributed by atoms with van der Waals surface area (Å²) in [4.78, 5) is 0. The summed E-state index contributed by atoms with van der Waals surface area (Å²) in [5, 5.41) is 0. The molecule has 0 radical (unpaired) electrons. The predicted octanol–water partition coefficient (Wildman–Crippen LogP) is 6.70. The van der Waals surface area contributed by atoms with Gasteiger partial charge in [-0.15, -0.1) is 0 Å². The van der Waals surface area contributed by atoms with Crippen LogP contribution in [-0.4, -0.2) is 30.7 Å². The summed E-state index contributed by atoms with van der Waals surface area (Å²) in [6.45, 7) is 3.71. The van der Waals surface area contributed by atoms with E-state index in [0.29, 0.717) is 26.4 Å². The molecule has 0 amide bonds. The first-order chi connectivity index (χ1) is 19.3. The van der Waals surface area contributed by atoms with Crippen LogP contribution in [0.25, 0.3) is 0 Å². The highest BCUT2D eigenvalue weighted by Gasteiger charge is 2.47. The molecule has 0 aromatic heterocycles. The summed E-state index contributed by atoms with van der Waals surface area (Å²) in [7, 11) is 0. The van der Waals surface area contributed by atoms with Gasteiger partial charge in [0.05, 0.1) is 32.5 Å². The zero-order valence-electron chi connectivity index (χ0n) is 22.3. The van der Waals surface area contributed by atoms with E-state index >= 15 is 0 Å². The Labute approximate surface area is 231 Å². The maximum atomic E-state index is 6.61. The van der Waals surface area contributed by atoms with Crippen molar-refractivity contribution in [2.75, 3.05) is 0 Å². The second-order valence-corrected chi connectivity index (χ2v) is 9.79. The van der Waals surface area contributed by atoms with Gasteiger partial charge in [-0.2, -0.15) is 0 Å². The van der Waals surface area contributed by atoms with Gasteiger partial charge in [0.1, 0.15) is 18.3 Å². The third-order valence-corrected chi connectivity index (χ3v) is 6.84. The number of hydrogen-bond donors (Lipinski definition) is 0. The van der Waals surface area contributed by atoms with E-state index in [1.807, 2.05) is 91.9 Å². The van der Waals surface area contributed by atoms with Gasteiger partial charge in [0.15, 0.2) is 6.29 Å². The molecule has 1 fully saturated rings. The van der Waals surface area contributed by atoms with Gasteiger partial charge in [-0.1, -0.05) is 121 Å². The van der Waals surface area contributed by atoms with E-state index in [1.54, 1.807) is 0 Å². The molecule has 1 unspecified atom stereocenters. The zero-order chi connectivity index (χ0) is 26.7. The van der Waals surface area contributed by atoms with Crippen molar-refractivity contribution in [2.24, 2.45) is 0 Å². The average Bonchev–Trinajstić information content (AvgIpc) is 3.00. The van der Waals surface area contributed by atoms with E-state index in [0.717, 1.165) is 22.3 Å². The molecule has 1 saturated heterocycles. The number of rotatable bonds is 12. The highest BCUT2D eigenvalue weighted by Crippen LogP contribution is 2.31. The molecule has 1 aliphatic heterocycles. The highest BCUT2D eigenvalue weighted by atomic mass is 16.7. The fourth-order valence-electron chi connectivity index (χ4n) is 4.76. The quantitative estimate of drug-likeness (QED) is 0.206. The normalized spacial score (nSPS) is 22.9. The van der Waals surface area contributed by atoms with Crippen LogP contribution < -0.4 is 0 Å². The summed E-state index contributed by atoms with van der Waals surface area (Å²) < 4.78 is 32.4. The zero-order valence-corrected chi connectivity index (χ0v) is 22.3. The summed E-state index contributed by atoms with van der Waals surface area (Å²) in [5.74, 6) is 0. The van der Waals surface area contributed by atoms with Gasteiger partial charge in [-0.25, -0.2) is 0 Å². The second-order valence-electron chi connectivity index (χ2n) is 9.79. The molecule has 0 N–H and O–H groups in total. The summed E-state index contributed by atoms with van der Waals surface area (Å²) in [6, 6.07) is 40.5. The lowest BCUT2D eigenvalue weighted by Gasteiger charge is -2.45. The average molecular weight is 525 g/mol. The maximum absolute atomic E-state index is 6.61. The fraction of sp³-hybridized carbons (Fsp3) is 0.294. The minimum Gasteiger partial charge on any atom is -0.368 e. The Morgan fingerprint density at radius 1 is 0.436 bits per heavy atom. The highest BCUT2D eigenvalue weighted by molar-refractivity contribution is 5.16. The Bertz CT molecular complexity index is 1220. The first-order valence-electron chi connectivity index (χ1n) is 13.5. The lowest BCUT2D eigenvalue weighted by molar-refractivity contribution is -0.322. The lowest BCUT2D eigenvalue weighted by atomic mass is 9.98. The van der Waals surface area contributed by atoms with Crippen LogP contribution in [-0.2, 0) is 50.1 Å². The van der Waals surface area contributed by atoms with Gasteiger partial charge in [0.25, 0.3) is 0 Å². The first-order valence-corrected chi connectivity index (χ1v) is 13.5. The van der Waals surface area contributed by atoms with E-state index in [-0.39, 0.29) is 12.2 Å². The van der Waals surface area contributed by atoms with Crippen molar-refractivity contribution in [2.45, 2.75) is 64.1 Å². The topological polar surface area (TPSA) is 46.2 Å². The van der Waals surface area contributed by atoms with Crippen LogP contribution in [0.2, 0.25) is 0 Å². The Morgan fingerprint density at radius 3 is 1.18 bits per heavy atom. The summed E-state index contributed by atoms with van der Waals surface area (Å²) in [5.41, 5.74) is 4.32. The van der Waals surface area contributed by atoms with Gasteiger partial charge in [0.2, 0.25) is 0 Å². The van der Waals surface area contributed by atoms with E-state index in [9.17, 15) is 0 Å². The lowest BCUT2D eigenvalue weighted by Crippen LogP contribution is -2.60.